The van der Waals surface area contributed by atoms with Crippen molar-refractivity contribution in [2.45, 2.75) is 0 Å². The average Bonchev–Trinajstić information content (AvgIpc) is 2.87. The molecule has 1 N–H and O–H groups in total. The summed E-state index contributed by atoms with van der Waals surface area (Å²) >= 11 is 0. The van der Waals surface area contributed by atoms with E-state index in [4.69, 9.17) is 0 Å². The van der Waals surface area contributed by atoms with Gasteiger partial charge in [0.05, 0.1) is 11.9 Å². The SMILES string of the molecule is Fc1c(F)c(F)c(/N=C/c2ccc[nH]2)c(F)c1F. The number of nitrogens with one attached hydrogen (secondary N) is 1. The summed E-state index contributed by atoms with van der Waals surface area (Å²) in [5.41, 5.74) is -0.861. The highest BCUT2D eigenvalue weighted by Gasteiger charge is 2.25. The molecule has 0 aliphatic carbocycles. The Morgan fingerprint density at radius 2 is 1.44 bits per heavy atom. The Hall–Kier alpha value is -2.18. The highest BCUT2D eigenvalue weighted by molar-refractivity contribution is 5.79. The predicted molar refractivity (Wildman–Crippen MR) is 54.3 cm³/mol. The van der Waals surface area contributed by atoms with E-state index in [2.05, 4.69) is 9.98 Å². The van der Waals surface area contributed by atoms with Gasteiger partial charge in [-0.25, -0.2) is 26.9 Å². The van der Waals surface area contributed by atoms with Crippen LogP contribution in [0.25, 0.3) is 0 Å². The topological polar surface area (TPSA) is 28.1 Å². The van der Waals surface area contributed by atoms with Crippen LogP contribution in [0.5, 0.6) is 0 Å². The van der Waals surface area contributed by atoms with E-state index in [0.29, 0.717) is 5.69 Å². The Labute approximate surface area is 97.8 Å². The van der Waals surface area contributed by atoms with Crippen molar-refractivity contribution in [2.24, 2.45) is 4.99 Å². The van der Waals surface area contributed by atoms with Crippen LogP contribution in [-0.4, -0.2) is 11.2 Å². The fourth-order valence-corrected chi connectivity index (χ4v) is 1.27. The third-order valence-corrected chi connectivity index (χ3v) is 2.14. The lowest BCUT2D eigenvalue weighted by molar-refractivity contribution is 0.381. The molecule has 2 aromatic rings. The van der Waals surface area contributed by atoms with Gasteiger partial charge in [0.15, 0.2) is 23.3 Å². The van der Waals surface area contributed by atoms with Crippen molar-refractivity contribution in [2.75, 3.05) is 0 Å². The first-order valence-corrected chi connectivity index (χ1v) is 4.71. The van der Waals surface area contributed by atoms with Crippen molar-refractivity contribution in [1.82, 2.24) is 4.98 Å². The molecule has 0 radical (unpaired) electrons. The predicted octanol–water partition coefficient (Wildman–Crippen LogP) is 3.46. The maximum Gasteiger partial charge on any atom is 0.200 e. The third kappa shape index (κ3) is 1.99. The van der Waals surface area contributed by atoms with Crippen LogP contribution in [-0.2, 0) is 0 Å². The molecule has 0 spiro atoms. The minimum absolute atomic E-state index is 0.360. The molecule has 0 saturated carbocycles. The molecular weight excluding hydrogens is 255 g/mol. The summed E-state index contributed by atoms with van der Waals surface area (Å²) in [6.45, 7) is 0. The monoisotopic (exact) mass is 260 g/mol. The Morgan fingerprint density at radius 3 is 1.94 bits per heavy atom. The first-order chi connectivity index (χ1) is 8.52. The maximum absolute atomic E-state index is 13.2. The van der Waals surface area contributed by atoms with E-state index in [0.717, 1.165) is 6.21 Å². The molecule has 0 saturated heterocycles. The van der Waals surface area contributed by atoms with Gasteiger partial charge in [0.1, 0.15) is 5.69 Å². The minimum atomic E-state index is -2.20. The number of hydrogen-bond donors (Lipinski definition) is 1. The lowest BCUT2D eigenvalue weighted by atomic mass is 10.2. The molecule has 2 nitrogen and oxygen atoms in total. The Balaban J connectivity index is 2.52. The van der Waals surface area contributed by atoms with Crippen molar-refractivity contribution < 1.29 is 22.0 Å². The van der Waals surface area contributed by atoms with E-state index in [1.54, 1.807) is 6.07 Å². The Bertz CT molecular complexity index is 575. The van der Waals surface area contributed by atoms with Crippen LogP contribution in [0.4, 0.5) is 27.6 Å². The second kappa shape index (κ2) is 4.59. The molecule has 0 bridgehead atoms. The van der Waals surface area contributed by atoms with Crippen LogP contribution in [0.1, 0.15) is 5.69 Å². The van der Waals surface area contributed by atoms with Crippen LogP contribution >= 0.6 is 0 Å². The summed E-state index contributed by atoms with van der Waals surface area (Å²) in [5, 5.41) is 0. The number of benzene rings is 1. The van der Waals surface area contributed by atoms with E-state index < -0.39 is 34.8 Å². The zero-order chi connectivity index (χ0) is 13.3. The Kier molecular flexibility index (Phi) is 3.14. The largest absolute Gasteiger partial charge is 0.360 e. The highest BCUT2D eigenvalue weighted by atomic mass is 19.2. The van der Waals surface area contributed by atoms with Gasteiger partial charge in [-0.3, -0.25) is 0 Å². The van der Waals surface area contributed by atoms with Gasteiger partial charge < -0.3 is 4.98 Å². The van der Waals surface area contributed by atoms with Crippen LogP contribution < -0.4 is 0 Å². The van der Waals surface area contributed by atoms with Gasteiger partial charge in [0, 0.05) is 6.20 Å². The van der Waals surface area contributed by atoms with Crippen molar-refractivity contribution >= 4 is 11.9 Å². The maximum atomic E-state index is 13.2. The zero-order valence-electron chi connectivity index (χ0n) is 8.65. The number of aromatic nitrogens is 1. The first-order valence-electron chi connectivity index (χ1n) is 4.71. The number of H-pyrrole nitrogens is 1. The second-order valence-electron chi connectivity index (χ2n) is 3.30. The third-order valence-electron chi connectivity index (χ3n) is 2.14. The van der Waals surface area contributed by atoms with Crippen LogP contribution in [0.2, 0.25) is 0 Å². The molecule has 0 fully saturated rings. The summed E-state index contributed by atoms with van der Waals surface area (Å²) < 4.78 is 64.7. The molecule has 2 rings (SSSR count). The molecule has 0 atom stereocenters. The van der Waals surface area contributed by atoms with E-state index in [1.807, 2.05) is 0 Å². The van der Waals surface area contributed by atoms with Gasteiger partial charge in [-0.2, -0.15) is 0 Å². The van der Waals surface area contributed by atoms with Gasteiger partial charge >= 0.3 is 0 Å². The van der Waals surface area contributed by atoms with Crippen LogP contribution in [0, 0.1) is 29.1 Å². The highest BCUT2D eigenvalue weighted by Crippen LogP contribution is 2.29. The van der Waals surface area contributed by atoms with Crippen molar-refractivity contribution in [3.63, 3.8) is 0 Å². The summed E-state index contributed by atoms with van der Waals surface area (Å²) in [4.78, 5) is 5.89. The molecule has 7 heteroatoms. The normalized spacial score (nSPS) is 11.4. The van der Waals surface area contributed by atoms with E-state index in [1.165, 1.54) is 12.3 Å². The summed E-state index contributed by atoms with van der Waals surface area (Å²) in [7, 11) is 0. The smallest absolute Gasteiger partial charge is 0.200 e. The minimum Gasteiger partial charge on any atom is -0.360 e. The molecule has 0 aliphatic rings. The Morgan fingerprint density at radius 1 is 0.889 bits per heavy atom. The number of halogens is 5. The lowest BCUT2D eigenvalue weighted by Gasteiger charge is -2.03. The summed E-state index contributed by atoms with van der Waals surface area (Å²) in [6, 6.07) is 3.09. The van der Waals surface area contributed by atoms with Gasteiger partial charge in [-0.15, -0.1) is 0 Å². The molecule has 1 aromatic carbocycles. The van der Waals surface area contributed by atoms with Crippen molar-refractivity contribution in [1.29, 1.82) is 0 Å². The number of hydrogen-bond acceptors (Lipinski definition) is 1. The molecule has 1 heterocycles. The van der Waals surface area contributed by atoms with Crippen LogP contribution in [0.15, 0.2) is 23.3 Å². The van der Waals surface area contributed by atoms with Gasteiger partial charge in [-0.1, -0.05) is 0 Å². The average molecular weight is 260 g/mol. The van der Waals surface area contributed by atoms with E-state index in [-0.39, 0.29) is 0 Å². The van der Waals surface area contributed by atoms with Gasteiger partial charge in [0.2, 0.25) is 5.82 Å². The summed E-state index contributed by atoms with van der Waals surface area (Å²) in [5.74, 6) is -10.2. The van der Waals surface area contributed by atoms with Crippen molar-refractivity contribution in [3.8, 4) is 0 Å². The van der Waals surface area contributed by atoms with Gasteiger partial charge in [-0.05, 0) is 12.1 Å². The first kappa shape index (κ1) is 12.3. The second-order valence-corrected chi connectivity index (χ2v) is 3.30. The van der Waals surface area contributed by atoms with Gasteiger partial charge in [0.25, 0.3) is 0 Å². The fourth-order valence-electron chi connectivity index (χ4n) is 1.27. The van der Waals surface area contributed by atoms with E-state index >= 15 is 0 Å². The molecule has 18 heavy (non-hydrogen) atoms. The zero-order valence-corrected chi connectivity index (χ0v) is 8.65. The molecule has 0 unspecified atom stereocenters. The molecular formula is C11H5F5N2. The standard InChI is InChI=1S/C11H5F5N2/c12-6-7(13)9(15)11(10(16)8(6)14)18-4-5-2-1-3-17-5/h1-4,17H/b18-4+. The van der Waals surface area contributed by atoms with Crippen molar-refractivity contribution in [3.05, 3.63) is 53.1 Å². The number of aromatic amines is 1. The number of rotatable bonds is 2. The quantitative estimate of drug-likeness (QED) is 0.371. The number of nitrogens with zero attached hydrogens (tertiary/aromatic N) is 1. The summed E-state index contributed by atoms with van der Waals surface area (Å²) in [6.07, 6.45) is 2.47. The molecule has 0 amide bonds. The van der Waals surface area contributed by atoms with E-state index in [9.17, 15) is 22.0 Å². The molecule has 1 aromatic heterocycles. The molecule has 94 valence electrons. The molecule has 0 aliphatic heterocycles. The van der Waals surface area contributed by atoms with Crippen LogP contribution in [0.3, 0.4) is 0 Å². The fraction of sp³-hybridized carbons (Fsp3) is 0. The lowest BCUT2D eigenvalue weighted by Crippen LogP contribution is -2.00. The number of aliphatic imine (C=N–C) groups is 1.